The van der Waals surface area contributed by atoms with Gasteiger partial charge in [0.2, 0.25) is 0 Å². The molecule has 0 spiro atoms. The van der Waals surface area contributed by atoms with E-state index in [0.29, 0.717) is 13.0 Å². The summed E-state index contributed by atoms with van der Waals surface area (Å²) < 4.78 is 4.81. The topological polar surface area (TPSA) is 39.2 Å². The SMILES string of the molecule is CCOC(=O)C(Cl)Cc1cncc(C)c1. The van der Waals surface area contributed by atoms with E-state index in [9.17, 15) is 4.79 Å². The van der Waals surface area contributed by atoms with Crippen LogP contribution in [-0.2, 0) is 16.0 Å². The van der Waals surface area contributed by atoms with Crippen molar-refractivity contribution in [2.24, 2.45) is 0 Å². The van der Waals surface area contributed by atoms with Crippen LogP contribution in [0.3, 0.4) is 0 Å². The van der Waals surface area contributed by atoms with Crippen LogP contribution < -0.4 is 0 Å². The van der Waals surface area contributed by atoms with Gasteiger partial charge in [-0.05, 0) is 25.0 Å². The van der Waals surface area contributed by atoms with Gasteiger partial charge in [-0.2, -0.15) is 0 Å². The normalized spacial score (nSPS) is 12.2. The number of rotatable bonds is 4. The Balaban J connectivity index is 2.58. The number of ether oxygens (including phenoxy) is 1. The maximum absolute atomic E-state index is 11.3. The minimum atomic E-state index is -0.631. The molecule has 1 aromatic heterocycles. The van der Waals surface area contributed by atoms with Crippen LogP contribution in [0, 0.1) is 6.92 Å². The maximum Gasteiger partial charge on any atom is 0.324 e. The minimum absolute atomic E-state index is 0.355. The molecule has 3 nitrogen and oxygen atoms in total. The van der Waals surface area contributed by atoms with E-state index in [4.69, 9.17) is 16.3 Å². The molecule has 0 aromatic carbocycles. The molecular weight excluding hydrogens is 214 g/mol. The van der Waals surface area contributed by atoms with E-state index in [-0.39, 0.29) is 5.97 Å². The van der Waals surface area contributed by atoms with Gasteiger partial charge < -0.3 is 4.74 Å². The Morgan fingerprint density at radius 3 is 2.93 bits per heavy atom. The Hall–Kier alpha value is -1.09. The highest BCUT2D eigenvalue weighted by atomic mass is 35.5. The lowest BCUT2D eigenvalue weighted by molar-refractivity contribution is -0.142. The van der Waals surface area contributed by atoms with Crippen molar-refractivity contribution in [1.82, 2.24) is 4.98 Å². The van der Waals surface area contributed by atoms with Crippen LogP contribution in [0.2, 0.25) is 0 Å². The molecule has 1 aromatic rings. The summed E-state index contributed by atoms with van der Waals surface area (Å²) in [6.45, 7) is 4.06. The fourth-order valence-electron chi connectivity index (χ4n) is 1.25. The summed E-state index contributed by atoms with van der Waals surface area (Å²) in [7, 11) is 0. The molecular formula is C11H14ClNO2. The van der Waals surface area contributed by atoms with Gasteiger partial charge >= 0.3 is 5.97 Å². The molecule has 0 saturated carbocycles. The number of carbonyl (C=O) groups excluding carboxylic acids is 1. The molecule has 0 amide bonds. The third-order valence-corrected chi connectivity index (χ3v) is 2.22. The van der Waals surface area contributed by atoms with Gasteiger partial charge in [0.25, 0.3) is 0 Å². The number of halogens is 1. The van der Waals surface area contributed by atoms with Crippen LogP contribution in [0.15, 0.2) is 18.5 Å². The molecule has 0 saturated heterocycles. The molecule has 1 atom stereocenters. The van der Waals surface area contributed by atoms with Gasteiger partial charge in [0.05, 0.1) is 6.61 Å². The highest BCUT2D eigenvalue weighted by Crippen LogP contribution is 2.10. The molecule has 1 rings (SSSR count). The molecule has 0 bridgehead atoms. The number of carbonyl (C=O) groups is 1. The fourth-order valence-corrected chi connectivity index (χ4v) is 1.49. The summed E-state index contributed by atoms with van der Waals surface area (Å²) in [6.07, 6.45) is 3.92. The summed E-state index contributed by atoms with van der Waals surface area (Å²) in [5.41, 5.74) is 2.00. The first-order valence-corrected chi connectivity index (χ1v) is 5.28. The van der Waals surface area contributed by atoms with Gasteiger partial charge in [0, 0.05) is 18.8 Å². The zero-order chi connectivity index (χ0) is 11.3. The van der Waals surface area contributed by atoms with Crippen molar-refractivity contribution in [3.05, 3.63) is 29.6 Å². The van der Waals surface area contributed by atoms with Crippen molar-refractivity contribution in [3.63, 3.8) is 0 Å². The fraction of sp³-hybridized carbons (Fsp3) is 0.455. The lowest BCUT2D eigenvalue weighted by Gasteiger charge is -2.08. The van der Waals surface area contributed by atoms with Crippen molar-refractivity contribution in [3.8, 4) is 0 Å². The average molecular weight is 228 g/mol. The van der Waals surface area contributed by atoms with Gasteiger partial charge in [-0.3, -0.25) is 9.78 Å². The summed E-state index contributed by atoms with van der Waals surface area (Å²) >= 11 is 5.89. The first kappa shape index (κ1) is 12.0. The molecule has 82 valence electrons. The summed E-state index contributed by atoms with van der Waals surface area (Å²) in [5.74, 6) is -0.374. The molecule has 0 aliphatic carbocycles. The van der Waals surface area contributed by atoms with E-state index < -0.39 is 5.38 Å². The molecule has 0 aliphatic rings. The number of hydrogen-bond acceptors (Lipinski definition) is 3. The van der Waals surface area contributed by atoms with Gasteiger partial charge in [-0.15, -0.1) is 11.6 Å². The third kappa shape index (κ3) is 3.88. The Kier molecular flexibility index (Phi) is 4.56. The van der Waals surface area contributed by atoms with E-state index in [1.807, 2.05) is 13.0 Å². The monoisotopic (exact) mass is 227 g/mol. The molecule has 1 unspecified atom stereocenters. The van der Waals surface area contributed by atoms with Crippen LogP contribution in [0.4, 0.5) is 0 Å². The van der Waals surface area contributed by atoms with Gasteiger partial charge in [0.15, 0.2) is 0 Å². The predicted molar refractivity (Wildman–Crippen MR) is 59.0 cm³/mol. The minimum Gasteiger partial charge on any atom is -0.465 e. The quantitative estimate of drug-likeness (QED) is 0.584. The Morgan fingerprint density at radius 2 is 2.33 bits per heavy atom. The largest absolute Gasteiger partial charge is 0.465 e. The smallest absolute Gasteiger partial charge is 0.324 e. The number of alkyl halides is 1. The first-order valence-electron chi connectivity index (χ1n) is 4.84. The molecule has 0 fully saturated rings. The second-order valence-electron chi connectivity index (χ2n) is 3.29. The van der Waals surface area contributed by atoms with Crippen molar-refractivity contribution in [2.75, 3.05) is 6.61 Å². The standard InChI is InChI=1S/C11H14ClNO2/c1-3-15-11(14)10(12)5-9-4-8(2)6-13-7-9/h4,6-7,10H,3,5H2,1-2H3. The van der Waals surface area contributed by atoms with E-state index in [0.717, 1.165) is 11.1 Å². The van der Waals surface area contributed by atoms with Crippen molar-refractivity contribution in [2.45, 2.75) is 25.6 Å². The van der Waals surface area contributed by atoms with Crippen LogP contribution in [-0.4, -0.2) is 22.9 Å². The van der Waals surface area contributed by atoms with Crippen molar-refractivity contribution in [1.29, 1.82) is 0 Å². The molecule has 0 aliphatic heterocycles. The number of esters is 1. The highest BCUT2D eigenvalue weighted by molar-refractivity contribution is 6.30. The van der Waals surface area contributed by atoms with E-state index >= 15 is 0 Å². The lowest BCUT2D eigenvalue weighted by atomic mass is 10.1. The van der Waals surface area contributed by atoms with E-state index in [1.54, 1.807) is 19.3 Å². The first-order chi connectivity index (χ1) is 7.13. The molecule has 15 heavy (non-hydrogen) atoms. The van der Waals surface area contributed by atoms with Crippen molar-refractivity contribution < 1.29 is 9.53 Å². The van der Waals surface area contributed by atoms with Crippen LogP contribution in [0.5, 0.6) is 0 Å². The number of aryl methyl sites for hydroxylation is 1. The maximum atomic E-state index is 11.3. The second kappa shape index (κ2) is 5.71. The van der Waals surface area contributed by atoms with Crippen LogP contribution >= 0.6 is 11.6 Å². The van der Waals surface area contributed by atoms with Crippen molar-refractivity contribution >= 4 is 17.6 Å². The highest BCUT2D eigenvalue weighted by Gasteiger charge is 2.16. The molecule has 0 radical (unpaired) electrons. The van der Waals surface area contributed by atoms with Gasteiger partial charge in [-0.25, -0.2) is 0 Å². The average Bonchev–Trinajstić information content (AvgIpc) is 2.18. The Bertz CT molecular complexity index is 341. The summed E-state index contributed by atoms with van der Waals surface area (Å²) in [6, 6.07) is 1.96. The number of nitrogens with zero attached hydrogens (tertiary/aromatic N) is 1. The Labute approximate surface area is 94.4 Å². The van der Waals surface area contributed by atoms with E-state index in [1.165, 1.54) is 0 Å². The molecule has 0 N–H and O–H groups in total. The van der Waals surface area contributed by atoms with Crippen LogP contribution in [0.1, 0.15) is 18.1 Å². The number of pyridine rings is 1. The summed E-state index contributed by atoms with van der Waals surface area (Å²) in [5, 5.41) is -0.631. The number of hydrogen-bond donors (Lipinski definition) is 0. The molecule has 1 heterocycles. The van der Waals surface area contributed by atoms with Gasteiger partial charge in [-0.1, -0.05) is 6.07 Å². The van der Waals surface area contributed by atoms with E-state index in [2.05, 4.69) is 4.98 Å². The summed E-state index contributed by atoms with van der Waals surface area (Å²) in [4.78, 5) is 15.3. The zero-order valence-corrected chi connectivity index (χ0v) is 9.62. The zero-order valence-electron chi connectivity index (χ0n) is 8.87. The Morgan fingerprint density at radius 1 is 1.60 bits per heavy atom. The van der Waals surface area contributed by atoms with Crippen LogP contribution in [0.25, 0.3) is 0 Å². The molecule has 4 heteroatoms. The van der Waals surface area contributed by atoms with Gasteiger partial charge in [0.1, 0.15) is 5.38 Å². The predicted octanol–water partition coefficient (Wildman–Crippen LogP) is 2.10. The number of aromatic nitrogens is 1. The second-order valence-corrected chi connectivity index (χ2v) is 3.82. The third-order valence-electron chi connectivity index (χ3n) is 1.89. The lowest BCUT2D eigenvalue weighted by Crippen LogP contribution is -2.20.